The van der Waals surface area contributed by atoms with Crippen molar-refractivity contribution in [2.24, 2.45) is 11.7 Å². The van der Waals surface area contributed by atoms with Gasteiger partial charge in [0.2, 0.25) is 0 Å². The first-order valence-corrected chi connectivity index (χ1v) is 7.87. The van der Waals surface area contributed by atoms with Crippen LogP contribution in [0.1, 0.15) is 51.9 Å². The van der Waals surface area contributed by atoms with Crippen LogP contribution in [-0.2, 0) is 4.74 Å². The highest BCUT2D eigenvalue weighted by Gasteiger charge is 2.33. The Morgan fingerprint density at radius 3 is 2.94 bits per heavy atom. The number of fused-ring (bicyclic) bond motifs is 1. The summed E-state index contributed by atoms with van der Waals surface area (Å²) in [5.74, 6) is 0.790. The van der Waals surface area contributed by atoms with Crippen molar-refractivity contribution in [3.05, 3.63) is 0 Å². The van der Waals surface area contributed by atoms with E-state index >= 15 is 0 Å². The molecule has 1 saturated carbocycles. The van der Waals surface area contributed by atoms with Crippen LogP contribution >= 0.6 is 0 Å². The van der Waals surface area contributed by atoms with E-state index in [1.165, 1.54) is 51.5 Å². The molecule has 0 aromatic heterocycles. The molecular formula is C15H30N2O. The molecule has 0 bridgehead atoms. The fraction of sp³-hybridized carbons (Fsp3) is 1.00. The molecule has 106 valence electrons. The molecule has 0 spiro atoms. The van der Waals surface area contributed by atoms with Gasteiger partial charge >= 0.3 is 0 Å². The zero-order valence-corrected chi connectivity index (χ0v) is 11.9. The van der Waals surface area contributed by atoms with E-state index in [0.717, 1.165) is 31.7 Å². The van der Waals surface area contributed by atoms with Crippen LogP contribution in [0.3, 0.4) is 0 Å². The maximum Gasteiger partial charge on any atom is 0.0730 e. The van der Waals surface area contributed by atoms with Gasteiger partial charge in [-0.25, -0.2) is 0 Å². The summed E-state index contributed by atoms with van der Waals surface area (Å²) in [6, 6.07) is 0.720. The van der Waals surface area contributed by atoms with Gasteiger partial charge in [0.15, 0.2) is 0 Å². The van der Waals surface area contributed by atoms with Gasteiger partial charge in [0.05, 0.1) is 12.7 Å². The highest BCUT2D eigenvalue weighted by Crippen LogP contribution is 2.28. The highest BCUT2D eigenvalue weighted by molar-refractivity contribution is 4.87. The summed E-state index contributed by atoms with van der Waals surface area (Å²) >= 11 is 0. The van der Waals surface area contributed by atoms with Crippen LogP contribution in [0.5, 0.6) is 0 Å². The number of nitrogens with zero attached hydrogens (tertiary/aromatic N) is 1. The van der Waals surface area contributed by atoms with Crippen LogP contribution in [0.25, 0.3) is 0 Å². The van der Waals surface area contributed by atoms with E-state index in [1.54, 1.807) is 0 Å². The summed E-state index contributed by atoms with van der Waals surface area (Å²) in [5.41, 5.74) is 5.60. The fourth-order valence-electron chi connectivity index (χ4n) is 3.53. The molecule has 0 radical (unpaired) electrons. The lowest BCUT2D eigenvalue weighted by molar-refractivity contribution is -0.0884. The maximum absolute atomic E-state index is 5.92. The Balaban J connectivity index is 1.70. The SMILES string of the molecule is CC(CCN)CCCN1CCOC2CCCCC21. The standard InChI is InChI=1S/C15H30N2O/c1-13(8-9-16)5-4-10-17-11-12-18-15-7-3-2-6-14(15)17/h13-15H,2-12,16H2,1H3. The average molecular weight is 254 g/mol. The molecule has 3 heteroatoms. The number of morpholine rings is 1. The summed E-state index contributed by atoms with van der Waals surface area (Å²) in [7, 11) is 0. The average Bonchev–Trinajstić information content (AvgIpc) is 2.39. The first-order valence-electron chi connectivity index (χ1n) is 7.87. The van der Waals surface area contributed by atoms with Gasteiger partial charge in [-0.1, -0.05) is 19.8 Å². The zero-order valence-electron chi connectivity index (χ0n) is 11.9. The van der Waals surface area contributed by atoms with Gasteiger partial charge in [0, 0.05) is 12.6 Å². The van der Waals surface area contributed by atoms with Crippen molar-refractivity contribution >= 4 is 0 Å². The lowest BCUT2D eigenvalue weighted by Gasteiger charge is -2.44. The third-order valence-corrected chi connectivity index (χ3v) is 4.65. The summed E-state index contributed by atoms with van der Waals surface area (Å²) in [6.07, 6.45) is 9.75. The molecule has 3 atom stereocenters. The number of hydrogen-bond donors (Lipinski definition) is 1. The molecule has 3 unspecified atom stereocenters. The highest BCUT2D eigenvalue weighted by atomic mass is 16.5. The Hall–Kier alpha value is -0.120. The number of nitrogens with two attached hydrogens (primary N) is 1. The van der Waals surface area contributed by atoms with E-state index < -0.39 is 0 Å². The monoisotopic (exact) mass is 254 g/mol. The van der Waals surface area contributed by atoms with Crippen molar-refractivity contribution in [1.29, 1.82) is 0 Å². The minimum absolute atomic E-state index is 0.536. The second kappa shape index (κ2) is 7.46. The van der Waals surface area contributed by atoms with Gasteiger partial charge in [-0.05, 0) is 51.1 Å². The second-order valence-corrected chi connectivity index (χ2v) is 6.12. The third-order valence-electron chi connectivity index (χ3n) is 4.65. The molecular weight excluding hydrogens is 224 g/mol. The van der Waals surface area contributed by atoms with Crippen LogP contribution < -0.4 is 5.73 Å². The minimum atomic E-state index is 0.536. The van der Waals surface area contributed by atoms with Gasteiger partial charge < -0.3 is 10.5 Å². The van der Waals surface area contributed by atoms with Crippen LogP contribution in [0.2, 0.25) is 0 Å². The van der Waals surface area contributed by atoms with Crippen LogP contribution in [-0.4, -0.2) is 43.3 Å². The predicted molar refractivity (Wildman–Crippen MR) is 75.6 cm³/mol. The fourth-order valence-corrected chi connectivity index (χ4v) is 3.53. The van der Waals surface area contributed by atoms with Crippen molar-refractivity contribution < 1.29 is 4.74 Å². The second-order valence-electron chi connectivity index (χ2n) is 6.12. The van der Waals surface area contributed by atoms with Crippen molar-refractivity contribution in [2.75, 3.05) is 26.2 Å². The normalized spacial score (nSPS) is 31.0. The Morgan fingerprint density at radius 1 is 1.28 bits per heavy atom. The smallest absolute Gasteiger partial charge is 0.0730 e. The van der Waals surface area contributed by atoms with Crippen molar-refractivity contribution in [1.82, 2.24) is 4.90 Å². The molecule has 1 saturated heterocycles. The molecule has 1 aliphatic heterocycles. The molecule has 2 fully saturated rings. The quantitative estimate of drug-likeness (QED) is 0.791. The first-order chi connectivity index (χ1) is 8.81. The molecule has 1 aliphatic carbocycles. The topological polar surface area (TPSA) is 38.5 Å². The van der Waals surface area contributed by atoms with Crippen molar-refractivity contribution in [2.45, 2.75) is 64.0 Å². The molecule has 0 aromatic rings. The van der Waals surface area contributed by atoms with Crippen LogP contribution in [0, 0.1) is 5.92 Å². The lowest BCUT2D eigenvalue weighted by Crippen LogP contribution is -2.52. The first kappa shape index (κ1) is 14.3. The molecule has 2 rings (SSSR count). The Morgan fingerprint density at radius 2 is 2.11 bits per heavy atom. The molecule has 0 amide bonds. The number of rotatable bonds is 6. The Bertz CT molecular complexity index is 233. The van der Waals surface area contributed by atoms with Gasteiger partial charge in [-0.15, -0.1) is 0 Å². The summed E-state index contributed by atoms with van der Waals surface area (Å²) < 4.78 is 5.92. The Labute approximate surface area is 112 Å². The van der Waals surface area contributed by atoms with E-state index in [1.807, 2.05) is 0 Å². The van der Waals surface area contributed by atoms with Gasteiger partial charge in [0.25, 0.3) is 0 Å². The van der Waals surface area contributed by atoms with E-state index in [0.29, 0.717) is 6.10 Å². The molecule has 3 nitrogen and oxygen atoms in total. The van der Waals surface area contributed by atoms with Gasteiger partial charge in [-0.3, -0.25) is 4.90 Å². The van der Waals surface area contributed by atoms with E-state index in [2.05, 4.69) is 11.8 Å². The molecule has 0 aromatic carbocycles. The lowest BCUT2D eigenvalue weighted by atomic mass is 9.90. The summed E-state index contributed by atoms with van der Waals surface area (Å²) in [6.45, 7) is 6.52. The number of hydrogen-bond acceptors (Lipinski definition) is 3. The van der Waals surface area contributed by atoms with E-state index in [-0.39, 0.29) is 0 Å². The summed E-state index contributed by atoms with van der Waals surface area (Å²) in [5, 5.41) is 0. The van der Waals surface area contributed by atoms with E-state index in [9.17, 15) is 0 Å². The maximum atomic E-state index is 5.92. The zero-order chi connectivity index (χ0) is 12.8. The molecule has 1 heterocycles. The van der Waals surface area contributed by atoms with E-state index in [4.69, 9.17) is 10.5 Å². The van der Waals surface area contributed by atoms with Crippen LogP contribution in [0.4, 0.5) is 0 Å². The Kier molecular flexibility index (Phi) is 5.93. The summed E-state index contributed by atoms with van der Waals surface area (Å²) in [4.78, 5) is 2.70. The minimum Gasteiger partial charge on any atom is -0.375 e. The third kappa shape index (κ3) is 3.94. The number of ether oxygens (including phenoxy) is 1. The predicted octanol–water partition coefficient (Wildman–Crippen LogP) is 2.39. The van der Waals surface area contributed by atoms with Gasteiger partial charge in [-0.2, -0.15) is 0 Å². The van der Waals surface area contributed by atoms with Gasteiger partial charge in [0.1, 0.15) is 0 Å². The molecule has 2 aliphatic rings. The molecule has 18 heavy (non-hydrogen) atoms. The van der Waals surface area contributed by atoms with Crippen molar-refractivity contribution in [3.8, 4) is 0 Å². The van der Waals surface area contributed by atoms with Crippen LogP contribution in [0.15, 0.2) is 0 Å². The largest absolute Gasteiger partial charge is 0.375 e. The van der Waals surface area contributed by atoms with Crippen molar-refractivity contribution in [3.63, 3.8) is 0 Å². The molecule has 2 N–H and O–H groups in total.